The highest BCUT2D eigenvalue weighted by atomic mass is 35.5. The third kappa shape index (κ3) is 5.53. The highest BCUT2D eigenvalue weighted by Crippen LogP contribution is 2.39. The summed E-state index contributed by atoms with van der Waals surface area (Å²) in [5, 5.41) is -0.522. The van der Waals surface area contributed by atoms with Crippen LogP contribution in [-0.4, -0.2) is 20.5 Å². The number of carbonyl (C=O) groups excluding carboxylic acids is 1. The maximum atomic E-state index is 13.4. The largest absolute Gasteiger partial charge is 0.497 e. The first-order valence-corrected chi connectivity index (χ1v) is 9.99. The first-order valence-electron chi connectivity index (χ1n) is 9.62. The smallest absolute Gasteiger partial charge is 0.418 e. The summed E-state index contributed by atoms with van der Waals surface area (Å²) in [6.07, 6.45) is -4.56. The lowest BCUT2D eigenvalue weighted by atomic mass is 10.0. The normalized spacial score (nSPS) is 11.2. The van der Waals surface area contributed by atoms with Crippen LogP contribution in [0.3, 0.4) is 0 Å². The quantitative estimate of drug-likeness (QED) is 0.362. The fraction of sp³-hybridized carbons (Fsp3) is 0.208. The molecule has 0 heterocycles. The van der Waals surface area contributed by atoms with E-state index in [1.807, 2.05) is 29.2 Å². The molecule has 0 saturated carbocycles. The summed E-state index contributed by atoms with van der Waals surface area (Å²) in [5.41, 5.74) is 0.573. The summed E-state index contributed by atoms with van der Waals surface area (Å²) >= 11 is 5.99. The van der Waals surface area contributed by atoms with Crippen molar-refractivity contribution in [2.75, 3.05) is 19.1 Å². The monoisotopic (exact) mass is 463 g/mol. The standard InChI is InChI=1S/C24H21ClF3NO3/c1-31-20-7-3-16(4-8-20)13-29(14-17-5-9-21(32-2)10-6-17)19-11-18(15-30)23(22(25)12-19)24(26,27)28/h3-12,15H,13-14H2,1-2H3. The summed E-state index contributed by atoms with van der Waals surface area (Å²) in [5.74, 6) is 1.38. The number of rotatable bonds is 8. The molecule has 168 valence electrons. The van der Waals surface area contributed by atoms with Crippen LogP contribution in [0.25, 0.3) is 0 Å². The van der Waals surface area contributed by atoms with Crippen molar-refractivity contribution in [3.63, 3.8) is 0 Å². The van der Waals surface area contributed by atoms with Gasteiger partial charge < -0.3 is 14.4 Å². The molecule has 0 saturated heterocycles. The topological polar surface area (TPSA) is 38.8 Å². The first kappa shape index (κ1) is 23.5. The summed E-state index contributed by atoms with van der Waals surface area (Å²) < 4.78 is 50.5. The van der Waals surface area contributed by atoms with E-state index in [1.165, 1.54) is 12.1 Å². The predicted octanol–water partition coefficient (Wildman–Crippen LogP) is 6.40. The van der Waals surface area contributed by atoms with Crippen molar-refractivity contribution in [3.05, 3.63) is 87.9 Å². The molecule has 0 aromatic heterocycles. The van der Waals surface area contributed by atoms with Gasteiger partial charge in [-0.3, -0.25) is 4.79 Å². The predicted molar refractivity (Wildman–Crippen MR) is 118 cm³/mol. The molecule has 0 aliphatic heterocycles. The van der Waals surface area contributed by atoms with Gasteiger partial charge in [0.05, 0.1) is 24.8 Å². The van der Waals surface area contributed by atoms with Crippen LogP contribution < -0.4 is 14.4 Å². The number of ether oxygens (including phenoxy) is 2. The van der Waals surface area contributed by atoms with E-state index in [0.717, 1.165) is 11.1 Å². The number of anilines is 1. The van der Waals surface area contributed by atoms with Gasteiger partial charge in [-0.25, -0.2) is 0 Å². The second-order valence-corrected chi connectivity index (χ2v) is 7.47. The van der Waals surface area contributed by atoms with Gasteiger partial charge in [0.2, 0.25) is 0 Å². The van der Waals surface area contributed by atoms with Gasteiger partial charge in [-0.2, -0.15) is 13.2 Å². The van der Waals surface area contributed by atoms with Gasteiger partial charge in [-0.1, -0.05) is 35.9 Å². The average Bonchev–Trinajstić information content (AvgIpc) is 2.78. The Morgan fingerprint density at radius 3 is 1.72 bits per heavy atom. The SMILES string of the molecule is COc1ccc(CN(Cc2ccc(OC)cc2)c2cc(Cl)c(C(F)(F)F)c(C=O)c2)cc1. The number of carbonyl (C=O) groups is 1. The van der Waals surface area contributed by atoms with E-state index in [-0.39, 0.29) is 6.29 Å². The lowest BCUT2D eigenvalue weighted by molar-refractivity contribution is -0.137. The number of benzene rings is 3. The lowest BCUT2D eigenvalue weighted by Crippen LogP contribution is -2.23. The van der Waals surface area contributed by atoms with Crippen molar-refractivity contribution in [1.82, 2.24) is 0 Å². The van der Waals surface area contributed by atoms with Crippen LogP contribution in [-0.2, 0) is 19.3 Å². The van der Waals surface area contributed by atoms with Crippen LogP contribution in [0.4, 0.5) is 18.9 Å². The molecular formula is C24H21ClF3NO3. The van der Waals surface area contributed by atoms with Gasteiger partial charge in [-0.05, 0) is 47.5 Å². The van der Waals surface area contributed by atoms with E-state index in [0.29, 0.717) is 30.3 Å². The van der Waals surface area contributed by atoms with Crippen LogP contribution in [0.15, 0.2) is 60.7 Å². The minimum Gasteiger partial charge on any atom is -0.497 e. The second-order valence-electron chi connectivity index (χ2n) is 7.06. The number of halogens is 4. The molecule has 3 rings (SSSR count). The molecule has 4 nitrogen and oxygen atoms in total. The summed E-state index contributed by atoms with van der Waals surface area (Å²) in [6.45, 7) is 0.742. The molecule has 0 aliphatic rings. The van der Waals surface area contributed by atoms with Crippen molar-refractivity contribution >= 4 is 23.6 Å². The maximum Gasteiger partial charge on any atom is 0.418 e. The Hall–Kier alpha value is -3.19. The molecule has 0 spiro atoms. The van der Waals surface area contributed by atoms with Crippen LogP contribution in [0.5, 0.6) is 11.5 Å². The Morgan fingerprint density at radius 1 is 0.875 bits per heavy atom. The van der Waals surface area contributed by atoms with Crippen molar-refractivity contribution in [2.24, 2.45) is 0 Å². The maximum absolute atomic E-state index is 13.4. The minimum atomic E-state index is -4.73. The van der Waals surface area contributed by atoms with Crippen LogP contribution in [0.1, 0.15) is 27.0 Å². The molecule has 0 bridgehead atoms. The molecule has 0 aliphatic carbocycles. The number of methoxy groups -OCH3 is 2. The van der Waals surface area contributed by atoms with Gasteiger partial charge in [0.25, 0.3) is 0 Å². The molecule has 0 unspecified atom stereocenters. The number of hydrogen-bond donors (Lipinski definition) is 0. The molecule has 8 heteroatoms. The van der Waals surface area contributed by atoms with Crippen molar-refractivity contribution in [1.29, 1.82) is 0 Å². The first-order chi connectivity index (χ1) is 15.2. The van der Waals surface area contributed by atoms with E-state index in [4.69, 9.17) is 21.1 Å². The number of nitrogens with zero attached hydrogens (tertiary/aromatic N) is 1. The highest BCUT2D eigenvalue weighted by molar-refractivity contribution is 6.32. The van der Waals surface area contributed by atoms with Gasteiger partial charge in [0.15, 0.2) is 6.29 Å². The van der Waals surface area contributed by atoms with Crippen LogP contribution in [0, 0.1) is 0 Å². The lowest BCUT2D eigenvalue weighted by Gasteiger charge is -2.27. The molecular weight excluding hydrogens is 443 g/mol. The summed E-state index contributed by atoms with van der Waals surface area (Å²) in [4.78, 5) is 13.3. The van der Waals surface area contributed by atoms with E-state index in [9.17, 15) is 18.0 Å². The molecule has 0 radical (unpaired) electrons. The van der Waals surface area contributed by atoms with Gasteiger partial charge in [0.1, 0.15) is 11.5 Å². The molecule has 0 fully saturated rings. The van der Waals surface area contributed by atoms with Gasteiger partial charge >= 0.3 is 6.18 Å². The Kier molecular flexibility index (Phi) is 7.30. The summed E-state index contributed by atoms with van der Waals surface area (Å²) in [6, 6.07) is 17.1. The van der Waals surface area contributed by atoms with Crippen molar-refractivity contribution in [3.8, 4) is 11.5 Å². The number of hydrogen-bond acceptors (Lipinski definition) is 4. The molecule has 0 N–H and O–H groups in total. The fourth-order valence-electron chi connectivity index (χ4n) is 3.33. The Bertz CT molecular complexity index is 1020. The molecule has 0 atom stereocenters. The zero-order valence-electron chi connectivity index (χ0n) is 17.4. The molecule has 0 amide bonds. The second kappa shape index (κ2) is 9.96. The third-order valence-electron chi connectivity index (χ3n) is 4.95. The van der Waals surface area contributed by atoms with Crippen LogP contribution in [0.2, 0.25) is 5.02 Å². The summed E-state index contributed by atoms with van der Waals surface area (Å²) in [7, 11) is 3.13. The van der Waals surface area contributed by atoms with Gasteiger partial charge in [-0.15, -0.1) is 0 Å². The van der Waals surface area contributed by atoms with E-state index >= 15 is 0 Å². The van der Waals surface area contributed by atoms with Crippen molar-refractivity contribution < 1.29 is 27.4 Å². The molecule has 3 aromatic rings. The van der Waals surface area contributed by atoms with Crippen molar-refractivity contribution in [2.45, 2.75) is 19.3 Å². The third-order valence-corrected chi connectivity index (χ3v) is 5.24. The van der Waals surface area contributed by atoms with Crippen LogP contribution >= 0.6 is 11.6 Å². The number of alkyl halides is 3. The van der Waals surface area contributed by atoms with E-state index in [1.54, 1.807) is 38.5 Å². The van der Waals surface area contributed by atoms with E-state index in [2.05, 4.69) is 0 Å². The minimum absolute atomic E-state index is 0.178. The Balaban J connectivity index is 2.01. The number of aldehydes is 1. The fourth-order valence-corrected chi connectivity index (χ4v) is 3.66. The molecule has 32 heavy (non-hydrogen) atoms. The Labute approximate surface area is 189 Å². The average molecular weight is 464 g/mol. The highest BCUT2D eigenvalue weighted by Gasteiger charge is 2.36. The zero-order chi connectivity index (χ0) is 23.3. The zero-order valence-corrected chi connectivity index (χ0v) is 18.2. The van der Waals surface area contributed by atoms with Gasteiger partial charge in [0, 0.05) is 24.3 Å². The molecule has 3 aromatic carbocycles. The Morgan fingerprint density at radius 2 is 1.34 bits per heavy atom. The van der Waals surface area contributed by atoms with E-state index < -0.39 is 22.3 Å².